The average Bonchev–Trinajstić information content (AvgIpc) is 2.36. The van der Waals surface area contributed by atoms with E-state index in [-0.39, 0.29) is 6.42 Å². The van der Waals surface area contributed by atoms with E-state index < -0.39 is 23.3 Å². The standard InChI is InChI=1S/C15H20N2O4/c1-10-6-4-5-7-11(10)9-16-14(21)17-12(18)8-15(2,3)13(19)20/h4-7H,8-9H2,1-3H3,(H,19,20)(H2,16,17,18,21). The summed E-state index contributed by atoms with van der Waals surface area (Å²) >= 11 is 0. The van der Waals surface area contributed by atoms with Gasteiger partial charge in [0.15, 0.2) is 0 Å². The molecule has 0 unspecified atom stereocenters. The normalized spacial score (nSPS) is 10.8. The smallest absolute Gasteiger partial charge is 0.321 e. The Morgan fingerprint density at radius 2 is 1.81 bits per heavy atom. The summed E-state index contributed by atoms with van der Waals surface area (Å²) in [5.74, 6) is -1.71. The lowest BCUT2D eigenvalue weighted by atomic mass is 9.89. The minimum atomic E-state index is -1.21. The first-order chi connectivity index (χ1) is 9.72. The van der Waals surface area contributed by atoms with Crippen LogP contribution >= 0.6 is 0 Å². The van der Waals surface area contributed by atoms with E-state index in [9.17, 15) is 14.4 Å². The van der Waals surface area contributed by atoms with Crippen molar-refractivity contribution in [2.75, 3.05) is 0 Å². The minimum absolute atomic E-state index is 0.264. The fraction of sp³-hybridized carbons (Fsp3) is 0.400. The van der Waals surface area contributed by atoms with Gasteiger partial charge in [-0.25, -0.2) is 4.79 Å². The lowest BCUT2D eigenvalue weighted by Gasteiger charge is -2.18. The van der Waals surface area contributed by atoms with Gasteiger partial charge in [0.2, 0.25) is 5.91 Å². The van der Waals surface area contributed by atoms with Crippen LogP contribution in [0.1, 0.15) is 31.4 Å². The number of aliphatic carboxylic acids is 1. The largest absolute Gasteiger partial charge is 0.481 e. The highest BCUT2D eigenvalue weighted by Gasteiger charge is 2.30. The first-order valence-corrected chi connectivity index (χ1v) is 6.58. The summed E-state index contributed by atoms with van der Waals surface area (Å²) in [6.45, 7) is 5.09. The molecular weight excluding hydrogens is 272 g/mol. The number of benzene rings is 1. The molecule has 6 heteroatoms. The Balaban J connectivity index is 2.46. The monoisotopic (exact) mass is 292 g/mol. The highest BCUT2D eigenvalue weighted by Crippen LogP contribution is 2.19. The van der Waals surface area contributed by atoms with Crippen LogP contribution in [0.25, 0.3) is 0 Å². The zero-order chi connectivity index (χ0) is 16.0. The molecule has 0 spiro atoms. The number of nitrogens with one attached hydrogen (secondary N) is 2. The van der Waals surface area contributed by atoms with Crippen LogP contribution in [0.4, 0.5) is 4.79 Å². The number of imide groups is 1. The Labute approximate surface area is 123 Å². The molecule has 3 N–H and O–H groups in total. The maximum atomic E-state index is 11.6. The molecule has 0 aromatic heterocycles. The minimum Gasteiger partial charge on any atom is -0.481 e. The van der Waals surface area contributed by atoms with Crippen molar-refractivity contribution in [1.82, 2.24) is 10.6 Å². The highest BCUT2D eigenvalue weighted by atomic mass is 16.4. The molecule has 0 bridgehead atoms. The molecule has 6 nitrogen and oxygen atoms in total. The summed E-state index contributed by atoms with van der Waals surface area (Å²) < 4.78 is 0. The predicted octanol–water partition coefficient (Wildman–Crippen LogP) is 1.82. The predicted molar refractivity (Wildman–Crippen MR) is 77.6 cm³/mol. The zero-order valence-corrected chi connectivity index (χ0v) is 12.4. The van der Waals surface area contributed by atoms with Crippen LogP contribution in [0.15, 0.2) is 24.3 Å². The number of hydrogen-bond acceptors (Lipinski definition) is 3. The number of hydrogen-bond donors (Lipinski definition) is 3. The summed E-state index contributed by atoms with van der Waals surface area (Å²) in [6.07, 6.45) is -0.264. The van der Waals surface area contributed by atoms with Gasteiger partial charge in [-0.2, -0.15) is 0 Å². The molecule has 1 aromatic carbocycles. The van der Waals surface area contributed by atoms with Gasteiger partial charge in [-0.15, -0.1) is 0 Å². The van der Waals surface area contributed by atoms with E-state index in [0.717, 1.165) is 11.1 Å². The number of amides is 3. The van der Waals surface area contributed by atoms with E-state index in [0.29, 0.717) is 6.54 Å². The summed E-state index contributed by atoms with van der Waals surface area (Å²) in [6, 6.07) is 6.93. The quantitative estimate of drug-likeness (QED) is 0.771. The molecule has 0 saturated heterocycles. The van der Waals surface area contributed by atoms with Crippen molar-refractivity contribution in [3.8, 4) is 0 Å². The van der Waals surface area contributed by atoms with E-state index >= 15 is 0 Å². The van der Waals surface area contributed by atoms with Gasteiger partial charge in [0.1, 0.15) is 0 Å². The molecule has 1 rings (SSSR count). The number of urea groups is 1. The Morgan fingerprint density at radius 1 is 1.19 bits per heavy atom. The third-order valence-electron chi connectivity index (χ3n) is 3.14. The Hall–Kier alpha value is -2.37. The highest BCUT2D eigenvalue weighted by molar-refractivity contribution is 5.96. The van der Waals surface area contributed by atoms with Gasteiger partial charge in [0.25, 0.3) is 0 Å². The van der Waals surface area contributed by atoms with Gasteiger partial charge >= 0.3 is 12.0 Å². The molecule has 21 heavy (non-hydrogen) atoms. The molecule has 114 valence electrons. The molecule has 0 aliphatic carbocycles. The van der Waals surface area contributed by atoms with Crippen LogP contribution in [-0.2, 0) is 16.1 Å². The fourth-order valence-electron chi connectivity index (χ4n) is 1.68. The molecule has 3 amide bonds. The molecule has 0 radical (unpaired) electrons. The Bertz CT molecular complexity index is 552. The number of aryl methyl sites for hydroxylation is 1. The molecule has 0 saturated carbocycles. The molecule has 0 aliphatic rings. The van der Waals surface area contributed by atoms with Crippen LogP contribution in [0.2, 0.25) is 0 Å². The summed E-state index contributed by atoms with van der Waals surface area (Å²) in [5, 5.41) is 13.6. The maximum Gasteiger partial charge on any atom is 0.321 e. The van der Waals surface area contributed by atoms with Crippen LogP contribution in [0, 0.1) is 12.3 Å². The van der Waals surface area contributed by atoms with Crippen molar-refractivity contribution >= 4 is 17.9 Å². The average molecular weight is 292 g/mol. The second kappa shape index (κ2) is 6.88. The van der Waals surface area contributed by atoms with Crippen LogP contribution in [-0.4, -0.2) is 23.0 Å². The zero-order valence-electron chi connectivity index (χ0n) is 12.4. The van der Waals surface area contributed by atoms with E-state index in [1.54, 1.807) is 0 Å². The molecular formula is C15H20N2O4. The van der Waals surface area contributed by atoms with Crippen molar-refractivity contribution in [3.63, 3.8) is 0 Å². The van der Waals surface area contributed by atoms with Gasteiger partial charge in [0, 0.05) is 13.0 Å². The van der Waals surface area contributed by atoms with E-state index in [4.69, 9.17) is 5.11 Å². The van der Waals surface area contributed by atoms with Crippen LogP contribution in [0.3, 0.4) is 0 Å². The SMILES string of the molecule is Cc1ccccc1CNC(=O)NC(=O)CC(C)(C)C(=O)O. The number of rotatable bonds is 5. The van der Waals surface area contributed by atoms with E-state index in [1.807, 2.05) is 31.2 Å². The molecule has 0 fully saturated rings. The molecule has 0 heterocycles. The fourth-order valence-corrected chi connectivity index (χ4v) is 1.68. The summed E-state index contributed by atoms with van der Waals surface area (Å²) in [5.41, 5.74) is 0.780. The van der Waals surface area contributed by atoms with Crippen molar-refractivity contribution in [3.05, 3.63) is 35.4 Å². The maximum absolute atomic E-state index is 11.6. The van der Waals surface area contributed by atoms with Gasteiger partial charge in [-0.1, -0.05) is 24.3 Å². The second-order valence-electron chi connectivity index (χ2n) is 5.52. The third-order valence-corrected chi connectivity index (χ3v) is 3.14. The van der Waals surface area contributed by atoms with Crippen molar-refractivity contribution < 1.29 is 19.5 Å². The number of carbonyl (C=O) groups excluding carboxylic acids is 2. The lowest BCUT2D eigenvalue weighted by molar-refractivity contribution is -0.149. The van der Waals surface area contributed by atoms with Gasteiger partial charge in [0.05, 0.1) is 5.41 Å². The van der Waals surface area contributed by atoms with Crippen LogP contribution in [0.5, 0.6) is 0 Å². The first kappa shape index (κ1) is 16.7. The van der Waals surface area contributed by atoms with Gasteiger partial charge < -0.3 is 10.4 Å². The van der Waals surface area contributed by atoms with Crippen molar-refractivity contribution in [1.29, 1.82) is 0 Å². The van der Waals surface area contributed by atoms with Gasteiger partial charge in [-0.05, 0) is 31.9 Å². The number of carbonyl (C=O) groups is 3. The molecule has 0 atom stereocenters. The first-order valence-electron chi connectivity index (χ1n) is 6.58. The summed E-state index contributed by atoms with van der Waals surface area (Å²) in [7, 11) is 0. The Morgan fingerprint density at radius 3 is 2.38 bits per heavy atom. The van der Waals surface area contributed by atoms with Crippen molar-refractivity contribution in [2.45, 2.75) is 33.7 Å². The van der Waals surface area contributed by atoms with E-state index in [2.05, 4.69) is 10.6 Å². The van der Waals surface area contributed by atoms with E-state index in [1.165, 1.54) is 13.8 Å². The lowest BCUT2D eigenvalue weighted by Crippen LogP contribution is -2.41. The molecule has 0 aliphatic heterocycles. The number of carboxylic acids is 1. The third kappa shape index (κ3) is 5.25. The second-order valence-corrected chi connectivity index (χ2v) is 5.52. The Kier molecular flexibility index (Phi) is 5.46. The topological polar surface area (TPSA) is 95.5 Å². The molecule has 1 aromatic rings. The van der Waals surface area contributed by atoms with Crippen molar-refractivity contribution in [2.24, 2.45) is 5.41 Å². The van der Waals surface area contributed by atoms with Crippen LogP contribution < -0.4 is 10.6 Å². The number of carboxylic acid groups (broad SMARTS) is 1. The van der Waals surface area contributed by atoms with Gasteiger partial charge in [-0.3, -0.25) is 14.9 Å². The summed E-state index contributed by atoms with van der Waals surface area (Å²) in [4.78, 5) is 34.1.